The van der Waals surface area contributed by atoms with E-state index >= 15 is 0 Å². The number of hydrogen-bond donors (Lipinski definition) is 2. The molecular weight excluding hydrogens is 478 g/mol. The maximum atomic E-state index is 4.98. The smallest absolute Gasteiger partial charge is 0.159 e. The van der Waals surface area contributed by atoms with E-state index in [0.717, 1.165) is 56.7 Å². The average Bonchev–Trinajstić information content (AvgIpc) is 3.66. The summed E-state index contributed by atoms with van der Waals surface area (Å²) < 4.78 is 0. The van der Waals surface area contributed by atoms with Crippen molar-refractivity contribution in [2.75, 3.05) is 13.1 Å². The molecule has 0 aliphatic carbocycles. The van der Waals surface area contributed by atoms with Crippen molar-refractivity contribution >= 4 is 33.3 Å². The minimum Gasteiger partial charge on any atom is -0.335 e. The number of hydrogen-bond acceptors (Lipinski definition) is 6. The fourth-order valence-corrected chi connectivity index (χ4v) is 6.16. The maximum Gasteiger partial charge on any atom is 0.159 e. The maximum absolute atomic E-state index is 4.98. The van der Waals surface area contributed by atoms with Crippen molar-refractivity contribution in [3.63, 3.8) is 0 Å². The summed E-state index contributed by atoms with van der Waals surface area (Å²) in [5.41, 5.74) is 8.13. The van der Waals surface area contributed by atoms with E-state index in [9.17, 15) is 0 Å². The van der Waals surface area contributed by atoms with Gasteiger partial charge in [0.15, 0.2) is 5.82 Å². The van der Waals surface area contributed by atoms with Crippen LogP contribution in [0.1, 0.15) is 29.7 Å². The second-order valence-corrected chi connectivity index (χ2v) is 11.1. The number of aromatic nitrogens is 6. The van der Waals surface area contributed by atoms with Gasteiger partial charge in [-0.2, -0.15) is 5.10 Å². The van der Waals surface area contributed by atoms with Crippen molar-refractivity contribution in [2.45, 2.75) is 32.7 Å². The van der Waals surface area contributed by atoms with E-state index in [4.69, 9.17) is 4.98 Å². The zero-order valence-electron chi connectivity index (χ0n) is 20.7. The van der Waals surface area contributed by atoms with Gasteiger partial charge in [-0.3, -0.25) is 20.0 Å². The summed E-state index contributed by atoms with van der Waals surface area (Å²) in [5, 5.41) is 8.84. The number of imidazole rings is 1. The summed E-state index contributed by atoms with van der Waals surface area (Å²) in [6.07, 6.45) is 11.6. The number of rotatable bonds is 5. The van der Waals surface area contributed by atoms with Crippen molar-refractivity contribution in [3.8, 4) is 33.1 Å². The molecule has 1 saturated heterocycles. The van der Waals surface area contributed by atoms with E-state index in [1.807, 2.05) is 24.8 Å². The highest BCUT2D eigenvalue weighted by atomic mass is 32.1. The summed E-state index contributed by atoms with van der Waals surface area (Å²) in [7, 11) is 0. The van der Waals surface area contributed by atoms with Crippen molar-refractivity contribution in [3.05, 3.63) is 71.6 Å². The van der Waals surface area contributed by atoms with Crippen molar-refractivity contribution < 1.29 is 0 Å². The highest BCUT2D eigenvalue weighted by Gasteiger charge is 2.17. The lowest BCUT2D eigenvalue weighted by atomic mass is 10.0. The predicted molar refractivity (Wildman–Crippen MR) is 149 cm³/mol. The van der Waals surface area contributed by atoms with Crippen LogP contribution in [0.4, 0.5) is 0 Å². The number of fused-ring (bicyclic) bond motifs is 2. The first-order valence-electron chi connectivity index (χ1n) is 12.8. The van der Waals surface area contributed by atoms with Crippen molar-refractivity contribution in [1.29, 1.82) is 0 Å². The topological polar surface area (TPSA) is 86.4 Å². The molecule has 2 N–H and O–H groups in total. The first-order chi connectivity index (χ1) is 18.2. The Morgan fingerprint density at radius 3 is 2.65 bits per heavy atom. The Balaban J connectivity index is 1.26. The Morgan fingerprint density at radius 2 is 1.78 bits per heavy atom. The quantitative estimate of drug-likeness (QED) is 0.276. The second kappa shape index (κ2) is 9.21. The first-order valence-corrected chi connectivity index (χ1v) is 13.6. The molecule has 37 heavy (non-hydrogen) atoms. The molecule has 6 aromatic rings. The van der Waals surface area contributed by atoms with Crippen LogP contribution in [0.5, 0.6) is 0 Å². The first kappa shape index (κ1) is 22.3. The standard InChI is InChI=1S/C29H27N7S/c1-18-5-8-26(37-18)23-15-31-16-25-27(23)33-29(32-25)28-22-12-20(6-7-24(22)34-35-28)21-11-19(13-30-14-21)17-36-9-3-2-4-10-36/h5-8,11-16H,2-4,9-10,17H2,1H3,(H,32,33)(H,34,35). The fraction of sp³-hybridized carbons (Fsp3) is 0.241. The lowest BCUT2D eigenvalue weighted by molar-refractivity contribution is 0.220. The SMILES string of the molecule is Cc1ccc(-c2cncc3[nH]c(-c4n[nH]c5ccc(-c6cncc(CN7CCCCC7)c6)cc45)nc23)s1. The Hall–Kier alpha value is -3.88. The summed E-state index contributed by atoms with van der Waals surface area (Å²) >= 11 is 1.75. The lowest BCUT2D eigenvalue weighted by Gasteiger charge is -2.26. The number of piperidine rings is 1. The van der Waals surface area contributed by atoms with Crippen LogP contribution in [0.2, 0.25) is 0 Å². The molecule has 1 aliphatic heterocycles. The number of pyridine rings is 2. The molecule has 7 nitrogen and oxygen atoms in total. The van der Waals surface area contributed by atoms with E-state index in [1.165, 1.54) is 47.7 Å². The van der Waals surface area contributed by atoms with E-state index in [0.29, 0.717) is 0 Å². The number of thiophene rings is 1. The summed E-state index contributed by atoms with van der Waals surface area (Å²) in [6.45, 7) is 5.42. The molecule has 5 aromatic heterocycles. The number of aryl methyl sites for hydroxylation is 1. The van der Waals surface area contributed by atoms with E-state index in [-0.39, 0.29) is 0 Å². The molecule has 0 spiro atoms. The zero-order chi connectivity index (χ0) is 24.8. The van der Waals surface area contributed by atoms with Gasteiger partial charge < -0.3 is 4.98 Å². The largest absolute Gasteiger partial charge is 0.335 e. The second-order valence-electron chi connectivity index (χ2n) is 9.83. The molecule has 6 heterocycles. The lowest BCUT2D eigenvalue weighted by Crippen LogP contribution is -2.29. The minimum atomic E-state index is 0.734. The predicted octanol–water partition coefficient (Wildman–Crippen LogP) is 6.59. The fourth-order valence-electron chi connectivity index (χ4n) is 5.29. The molecule has 0 atom stereocenters. The monoisotopic (exact) mass is 505 g/mol. The van der Waals surface area contributed by atoms with Gasteiger partial charge in [0, 0.05) is 51.4 Å². The summed E-state index contributed by atoms with van der Waals surface area (Å²) in [5.74, 6) is 0.734. The van der Waals surface area contributed by atoms with Crippen LogP contribution in [-0.2, 0) is 6.54 Å². The van der Waals surface area contributed by atoms with E-state index in [2.05, 4.69) is 73.4 Å². The molecule has 0 saturated carbocycles. The van der Waals surface area contributed by atoms with Crippen LogP contribution in [0, 0.1) is 6.92 Å². The molecule has 0 radical (unpaired) electrons. The number of nitrogens with zero attached hydrogens (tertiary/aromatic N) is 5. The van der Waals surface area contributed by atoms with Gasteiger partial charge in [-0.15, -0.1) is 11.3 Å². The molecule has 8 heteroatoms. The summed E-state index contributed by atoms with van der Waals surface area (Å²) in [6, 6.07) is 12.9. The number of H-pyrrole nitrogens is 2. The summed E-state index contributed by atoms with van der Waals surface area (Å²) in [4.78, 5) is 22.4. The van der Waals surface area contributed by atoms with E-state index in [1.54, 1.807) is 11.3 Å². The van der Waals surface area contributed by atoms with Gasteiger partial charge >= 0.3 is 0 Å². The third kappa shape index (κ3) is 4.22. The van der Waals surface area contributed by atoms with Crippen LogP contribution in [-0.4, -0.2) is 48.1 Å². The molecule has 0 bridgehead atoms. The van der Waals surface area contributed by atoms with Gasteiger partial charge in [0.05, 0.1) is 17.2 Å². The van der Waals surface area contributed by atoms with Crippen LogP contribution < -0.4 is 0 Å². The van der Waals surface area contributed by atoms with Gasteiger partial charge in [0.25, 0.3) is 0 Å². The Morgan fingerprint density at radius 1 is 0.892 bits per heavy atom. The molecule has 7 rings (SSSR count). The van der Waals surface area contributed by atoms with Crippen LogP contribution >= 0.6 is 11.3 Å². The Kier molecular flexibility index (Phi) is 5.56. The molecule has 1 aliphatic rings. The molecule has 184 valence electrons. The molecule has 1 fully saturated rings. The molecule has 0 unspecified atom stereocenters. The van der Waals surface area contributed by atoms with Crippen LogP contribution in [0.15, 0.2) is 61.2 Å². The normalized spacial score (nSPS) is 14.6. The van der Waals surface area contributed by atoms with E-state index < -0.39 is 0 Å². The van der Waals surface area contributed by atoms with Gasteiger partial charge in [0.1, 0.15) is 11.2 Å². The highest BCUT2D eigenvalue weighted by molar-refractivity contribution is 7.15. The van der Waals surface area contributed by atoms with Crippen molar-refractivity contribution in [2.24, 2.45) is 0 Å². The average molecular weight is 506 g/mol. The number of likely N-dealkylation sites (tertiary alicyclic amines) is 1. The van der Waals surface area contributed by atoms with Gasteiger partial charge in [0.2, 0.25) is 0 Å². The number of aromatic amines is 2. The Labute approximate surface area is 218 Å². The third-order valence-electron chi connectivity index (χ3n) is 7.17. The van der Waals surface area contributed by atoms with Crippen LogP contribution in [0.3, 0.4) is 0 Å². The molecule has 0 amide bonds. The van der Waals surface area contributed by atoms with Crippen molar-refractivity contribution in [1.82, 2.24) is 35.0 Å². The van der Waals surface area contributed by atoms with Gasteiger partial charge in [-0.05, 0) is 74.3 Å². The third-order valence-corrected chi connectivity index (χ3v) is 8.20. The van der Waals surface area contributed by atoms with Gasteiger partial charge in [-0.1, -0.05) is 12.5 Å². The number of benzene rings is 1. The number of nitrogens with one attached hydrogen (secondary N) is 2. The van der Waals surface area contributed by atoms with Gasteiger partial charge in [-0.25, -0.2) is 4.98 Å². The molecular formula is C29H27N7S. The zero-order valence-corrected chi connectivity index (χ0v) is 21.5. The van der Waals surface area contributed by atoms with Crippen LogP contribution in [0.25, 0.3) is 55.0 Å². The minimum absolute atomic E-state index is 0.734. The molecule has 1 aromatic carbocycles. The Bertz CT molecular complexity index is 1720. The highest BCUT2D eigenvalue weighted by Crippen LogP contribution is 2.35.